The van der Waals surface area contributed by atoms with Gasteiger partial charge >= 0.3 is 8.32 Å². The molecule has 0 saturated heterocycles. The van der Waals surface area contributed by atoms with E-state index >= 15 is 0 Å². The number of rotatable bonds is 13. The van der Waals surface area contributed by atoms with Crippen LogP contribution in [0.25, 0.3) is 0 Å². The van der Waals surface area contributed by atoms with E-state index in [2.05, 4.69) is 86.8 Å². The first-order valence-electron chi connectivity index (χ1n) is 13.3. The van der Waals surface area contributed by atoms with Crippen molar-refractivity contribution in [1.29, 1.82) is 0 Å². The van der Waals surface area contributed by atoms with Gasteiger partial charge in [-0.1, -0.05) is 111 Å². The van der Waals surface area contributed by atoms with Crippen molar-refractivity contribution in [2.24, 2.45) is 0 Å². The summed E-state index contributed by atoms with van der Waals surface area (Å²) < 4.78 is 25.8. The van der Waals surface area contributed by atoms with Gasteiger partial charge in [0, 0.05) is 25.0 Å². The number of hydrogen-bond donors (Lipinski definition) is 1. The molecule has 0 aliphatic rings. The molecule has 0 radical (unpaired) electrons. The summed E-state index contributed by atoms with van der Waals surface area (Å²) in [5.74, 6) is 2.95. The first kappa shape index (κ1) is 31.0. The molecule has 208 valence electrons. The number of benzene rings is 3. The van der Waals surface area contributed by atoms with Crippen molar-refractivity contribution in [3.05, 3.63) is 102 Å². The quantitative estimate of drug-likeness (QED) is 0.137. The Bertz CT molecular complexity index is 1220. The Hall–Kier alpha value is -2.57. The Kier molecular flexibility index (Phi) is 11.3. The predicted octanol–water partition coefficient (Wildman–Crippen LogP) is 6.78. The fourth-order valence-electron chi connectivity index (χ4n) is 4.54. The standard InChI is InChI=1S/C31H40NO4PSSi/c1-6-35-37(34,38-25-23-32-26(2)33)24-13-14-27-19-21-28(22-20-27)36-39(31(3,4)5,29-15-9-7-10-16-29)30-17-11-8-12-18-30/h7-13,15-22,24H,6,14,23,25H2,1-5H3,(H,32,33)/b24-13+. The van der Waals surface area contributed by atoms with Crippen molar-refractivity contribution in [3.8, 4) is 5.75 Å². The van der Waals surface area contributed by atoms with Gasteiger partial charge in [0.1, 0.15) is 5.75 Å². The summed E-state index contributed by atoms with van der Waals surface area (Å²) in [6.07, 6.45) is 2.53. The largest absolute Gasteiger partial charge is 0.534 e. The van der Waals surface area contributed by atoms with E-state index in [1.54, 1.807) is 5.82 Å². The molecule has 0 fully saturated rings. The zero-order valence-electron chi connectivity index (χ0n) is 23.6. The zero-order valence-corrected chi connectivity index (χ0v) is 26.3. The molecule has 39 heavy (non-hydrogen) atoms. The predicted molar refractivity (Wildman–Crippen MR) is 168 cm³/mol. The van der Waals surface area contributed by atoms with Gasteiger partial charge in [0.05, 0.1) is 6.61 Å². The second-order valence-electron chi connectivity index (χ2n) is 10.3. The number of carbonyl (C=O) groups is 1. The third-order valence-corrected chi connectivity index (χ3v) is 15.5. The normalized spacial score (nSPS) is 13.7. The van der Waals surface area contributed by atoms with Gasteiger partial charge < -0.3 is 14.3 Å². The van der Waals surface area contributed by atoms with E-state index in [1.165, 1.54) is 28.7 Å². The Labute approximate surface area is 238 Å². The van der Waals surface area contributed by atoms with Gasteiger partial charge in [-0.15, -0.1) is 0 Å². The Balaban J connectivity index is 1.79. The molecule has 0 bridgehead atoms. The SMILES string of the molecule is CCOP(=O)(/C=C/Cc1ccc(O[Si](c2ccccc2)(c2ccccc2)C(C)(C)C)cc1)SCCNC(C)=O. The minimum Gasteiger partial charge on any atom is -0.534 e. The highest BCUT2D eigenvalue weighted by molar-refractivity contribution is 8.57. The summed E-state index contributed by atoms with van der Waals surface area (Å²) in [6, 6.07) is 29.4. The fraction of sp³-hybridized carbons (Fsp3) is 0.323. The highest BCUT2D eigenvalue weighted by atomic mass is 32.7. The molecule has 3 aromatic rings. The van der Waals surface area contributed by atoms with E-state index in [9.17, 15) is 9.36 Å². The minimum atomic E-state index is -2.97. The van der Waals surface area contributed by atoms with Crippen LogP contribution in [-0.2, 0) is 20.3 Å². The van der Waals surface area contributed by atoms with Crippen molar-refractivity contribution in [2.75, 3.05) is 18.9 Å². The highest BCUT2D eigenvalue weighted by Gasteiger charge is 2.52. The summed E-state index contributed by atoms with van der Waals surface area (Å²) in [4.78, 5) is 11.1. The van der Waals surface area contributed by atoms with Crippen LogP contribution >= 0.6 is 18.0 Å². The van der Waals surface area contributed by atoms with E-state index in [0.717, 1.165) is 11.3 Å². The maximum absolute atomic E-state index is 13.1. The molecule has 3 rings (SSSR count). The number of hydrogen-bond acceptors (Lipinski definition) is 5. The van der Waals surface area contributed by atoms with Gasteiger partial charge in [0.15, 0.2) is 0 Å². The van der Waals surface area contributed by atoms with E-state index in [-0.39, 0.29) is 10.9 Å². The molecule has 1 amide bonds. The van der Waals surface area contributed by atoms with E-state index in [1.807, 2.05) is 37.3 Å². The van der Waals surface area contributed by atoms with Gasteiger partial charge in [0.25, 0.3) is 6.57 Å². The summed E-state index contributed by atoms with van der Waals surface area (Å²) in [5.41, 5.74) is 1.09. The molecule has 0 aromatic heterocycles. The van der Waals surface area contributed by atoms with Crippen molar-refractivity contribution in [2.45, 2.75) is 46.1 Å². The van der Waals surface area contributed by atoms with Crippen LogP contribution in [0.3, 0.4) is 0 Å². The number of allylic oxidation sites excluding steroid dienone is 1. The van der Waals surface area contributed by atoms with Crippen LogP contribution in [0.5, 0.6) is 5.75 Å². The zero-order chi connectivity index (χ0) is 28.4. The monoisotopic (exact) mass is 581 g/mol. The molecule has 1 unspecified atom stereocenters. The van der Waals surface area contributed by atoms with Gasteiger partial charge in [-0.2, -0.15) is 0 Å². The van der Waals surface area contributed by atoms with Crippen LogP contribution in [0.2, 0.25) is 5.04 Å². The fourth-order valence-corrected chi connectivity index (χ4v) is 12.5. The van der Waals surface area contributed by atoms with Crippen LogP contribution < -0.4 is 20.1 Å². The Morgan fingerprint density at radius 3 is 2.00 bits per heavy atom. The van der Waals surface area contributed by atoms with E-state index < -0.39 is 14.9 Å². The molecule has 3 aromatic carbocycles. The Morgan fingerprint density at radius 2 is 1.51 bits per heavy atom. The van der Waals surface area contributed by atoms with Crippen molar-refractivity contribution < 1.29 is 18.3 Å². The smallest absolute Gasteiger partial charge is 0.319 e. The van der Waals surface area contributed by atoms with E-state index in [0.29, 0.717) is 25.3 Å². The maximum Gasteiger partial charge on any atom is 0.319 e. The van der Waals surface area contributed by atoms with Gasteiger partial charge in [0.2, 0.25) is 5.91 Å². The van der Waals surface area contributed by atoms with Crippen molar-refractivity contribution in [3.63, 3.8) is 0 Å². The molecule has 0 aliphatic heterocycles. The number of amides is 1. The first-order chi connectivity index (χ1) is 18.6. The van der Waals surface area contributed by atoms with Gasteiger partial charge in [-0.05, 0) is 46.5 Å². The lowest BCUT2D eigenvalue weighted by Gasteiger charge is -2.43. The molecule has 0 aliphatic carbocycles. The lowest BCUT2D eigenvalue weighted by atomic mass is 10.1. The first-order valence-corrected chi connectivity index (χ1v) is 18.5. The lowest BCUT2D eigenvalue weighted by Crippen LogP contribution is -2.68. The average Bonchev–Trinajstić information content (AvgIpc) is 2.91. The second-order valence-corrected chi connectivity index (χ2v) is 19.1. The third-order valence-electron chi connectivity index (χ3n) is 6.31. The molecular formula is C31H40NO4PSSi. The van der Waals surface area contributed by atoms with E-state index in [4.69, 9.17) is 8.95 Å². The molecule has 0 saturated carbocycles. The van der Waals surface area contributed by atoms with Crippen molar-refractivity contribution >= 4 is 42.6 Å². The summed E-state index contributed by atoms with van der Waals surface area (Å²) in [7, 11) is -2.69. The molecule has 5 nitrogen and oxygen atoms in total. The number of carbonyl (C=O) groups excluding carboxylic acids is 1. The minimum absolute atomic E-state index is 0.0974. The summed E-state index contributed by atoms with van der Waals surface area (Å²) in [6.45, 7) is 7.95. The van der Waals surface area contributed by atoms with Crippen LogP contribution in [-0.4, -0.2) is 33.1 Å². The Morgan fingerprint density at radius 1 is 0.949 bits per heavy atom. The van der Waals surface area contributed by atoms with Crippen LogP contribution in [0.4, 0.5) is 0 Å². The third kappa shape index (κ3) is 8.45. The van der Waals surface area contributed by atoms with Crippen LogP contribution in [0, 0.1) is 0 Å². The van der Waals surface area contributed by atoms with Gasteiger partial charge in [-0.25, -0.2) is 0 Å². The molecule has 1 N–H and O–H groups in total. The lowest BCUT2D eigenvalue weighted by molar-refractivity contribution is -0.118. The topological polar surface area (TPSA) is 64.6 Å². The van der Waals surface area contributed by atoms with Gasteiger partial charge in [-0.3, -0.25) is 9.36 Å². The summed E-state index contributed by atoms with van der Waals surface area (Å²) in [5, 5.41) is 5.08. The molecule has 0 heterocycles. The molecular weight excluding hydrogens is 541 g/mol. The van der Waals surface area contributed by atoms with Crippen molar-refractivity contribution in [1.82, 2.24) is 5.32 Å². The molecule has 8 heteroatoms. The van der Waals surface area contributed by atoms with Crippen LogP contribution in [0.1, 0.15) is 40.2 Å². The highest BCUT2D eigenvalue weighted by Crippen LogP contribution is 2.60. The molecule has 0 spiro atoms. The number of nitrogens with one attached hydrogen (secondary N) is 1. The second kappa shape index (κ2) is 14.2. The average molecular weight is 582 g/mol. The summed E-state index contributed by atoms with van der Waals surface area (Å²) >= 11 is 1.25. The molecule has 1 atom stereocenters. The van der Waals surface area contributed by atoms with Crippen LogP contribution in [0.15, 0.2) is 96.8 Å². The maximum atomic E-state index is 13.1.